The lowest BCUT2D eigenvalue weighted by molar-refractivity contribution is -0.140. The molecule has 114 valence electrons. The zero-order chi connectivity index (χ0) is 14.6. The van der Waals surface area contributed by atoms with E-state index < -0.39 is 0 Å². The van der Waals surface area contributed by atoms with Crippen LogP contribution < -0.4 is 0 Å². The maximum absolute atomic E-state index is 12.8. The van der Waals surface area contributed by atoms with Crippen molar-refractivity contribution in [2.75, 3.05) is 13.6 Å². The standard InChI is InChI=1S/C16H24N4O/c1-16-8-12-9-20(15(21)10-19-7-6-17-11-19)14(16)5-3-4-13(16)18(12)2/h6-7,11-14H,3-5,8-10H2,1-2H3/t12-,13-,14+,16-/m0/s1. The van der Waals surface area contributed by atoms with E-state index >= 15 is 0 Å². The Morgan fingerprint density at radius 2 is 2.19 bits per heavy atom. The van der Waals surface area contributed by atoms with Crippen molar-refractivity contribution in [1.82, 2.24) is 19.4 Å². The molecular weight excluding hydrogens is 264 g/mol. The Kier molecular flexibility index (Phi) is 2.89. The van der Waals surface area contributed by atoms with Gasteiger partial charge < -0.3 is 9.47 Å². The summed E-state index contributed by atoms with van der Waals surface area (Å²) in [5.74, 6) is 0.255. The molecule has 1 amide bonds. The van der Waals surface area contributed by atoms with Gasteiger partial charge in [-0.25, -0.2) is 4.98 Å². The minimum Gasteiger partial charge on any atom is -0.336 e. The molecule has 0 N–H and O–H groups in total. The van der Waals surface area contributed by atoms with Crippen molar-refractivity contribution in [3.8, 4) is 0 Å². The van der Waals surface area contributed by atoms with Crippen LogP contribution in [0.5, 0.6) is 0 Å². The quantitative estimate of drug-likeness (QED) is 0.825. The predicted molar refractivity (Wildman–Crippen MR) is 79.6 cm³/mol. The molecule has 0 spiro atoms. The first-order valence-electron chi connectivity index (χ1n) is 8.07. The molecule has 1 saturated carbocycles. The molecule has 5 heteroatoms. The number of carbonyl (C=O) groups is 1. The topological polar surface area (TPSA) is 41.4 Å². The van der Waals surface area contributed by atoms with Gasteiger partial charge in [0.2, 0.25) is 5.91 Å². The summed E-state index contributed by atoms with van der Waals surface area (Å²) in [5, 5.41) is 0. The molecule has 2 aliphatic heterocycles. The van der Waals surface area contributed by atoms with Gasteiger partial charge in [0.1, 0.15) is 6.54 Å². The summed E-state index contributed by atoms with van der Waals surface area (Å²) < 4.78 is 1.88. The number of likely N-dealkylation sites (tertiary alicyclic amines) is 2. The predicted octanol–water partition coefficient (Wildman–Crippen LogP) is 1.36. The molecule has 1 aromatic heterocycles. The molecular formula is C16H24N4O. The van der Waals surface area contributed by atoms with Crippen LogP contribution in [0.25, 0.3) is 0 Å². The van der Waals surface area contributed by atoms with Crippen LogP contribution >= 0.6 is 0 Å². The molecule has 1 aromatic rings. The molecule has 3 aliphatic rings. The fraction of sp³-hybridized carbons (Fsp3) is 0.750. The average molecular weight is 288 g/mol. The van der Waals surface area contributed by atoms with Crippen molar-refractivity contribution in [2.24, 2.45) is 5.41 Å². The molecule has 21 heavy (non-hydrogen) atoms. The lowest BCUT2D eigenvalue weighted by Crippen LogP contribution is -2.58. The van der Waals surface area contributed by atoms with Crippen molar-refractivity contribution >= 4 is 5.91 Å². The highest BCUT2D eigenvalue weighted by molar-refractivity contribution is 5.77. The highest BCUT2D eigenvalue weighted by Crippen LogP contribution is 2.53. The molecule has 4 atom stereocenters. The fourth-order valence-electron chi connectivity index (χ4n) is 5.20. The van der Waals surface area contributed by atoms with E-state index in [0.717, 1.165) is 6.54 Å². The first-order valence-corrected chi connectivity index (χ1v) is 8.07. The summed E-state index contributed by atoms with van der Waals surface area (Å²) in [6.45, 7) is 3.74. The lowest BCUT2D eigenvalue weighted by atomic mass is 9.66. The van der Waals surface area contributed by atoms with Crippen LogP contribution in [0.3, 0.4) is 0 Å². The molecule has 5 nitrogen and oxygen atoms in total. The van der Waals surface area contributed by atoms with Gasteiger partial charge in [0.25, 0.3) is 0 Å². The normalized spacial score (nSPS) is 38.8. The summed E-state index contributed by atoms with van der Waals surface area (Å²) in [7, 11) is 2.26. The second kappa shape index (κ2) is 4.57. The van der Waals surface area contributed by atoms with E-state index in [4.69, 9.17) is 0 Å². The van der Waals surface area contributed by atoms with Gasteiger partial charge in [-0.15, -0.1) is 0 Å². The number of fused-ring (bicyclic) bond motifs is 1. The molecule has 2 saturated heterocycles. The van der Waals surface area contributed by atoms with E-state index in [2.05, 4.69) is 28.8 Å². The molecule has 0 unspecified atom stereocenters. The largest absolute Gasteiger partial charge is 0.336 e. The fourth-order valence-corrected chi connectivity index (χ4v) is 5.20. The number of rotatable bonds is 2. The Morgan fingerprint density at radius 3 is 2.95 bits per heavy atom. The summed E-state index contributed by atoms with van der Waals surface area (Å²) in [5.41, 5.74) is 0.292. The van der Waals surface area contributed by atoms with E-state index in [1.54, 1.807) is 12.5 Å². The molecule has 3 fully saturated rings. The SMILES string of the molecule is CN1[C@@H]2CN(C(=O)Cn3ccnc3)[C@@H]3CCC[C@H]1[C@]3(C)C2. The first-order chi connectivity index (χ1) is 10.1. The number of aromatic nitrogens is 2. The van der Waals surface area contributed by atoms with Crippen molar-refractivity contribution < 1.29 is 4.79 Å². The number of carbonyl (C=O) groups excluding carboxylic acids is 1. The van der Waals surface area contributed by atoms with Gasteiger partial charge in [0.05, 0.1) is 6.33 Å². The van der Waals surface area contributed by atoms with E-state index in [1.807, 2.05) is 10.8 Å². The van der Waals surface area contributed by atoms with Crippen LogP contribution in [-0.4, -0.2) is 57.0 Å². The molecule has 2 bridgehead atoms. The minimum atomic E-state index is 0.255. The number of nitrogens with zero attached hydrogens (tertiary/aromatic N) is 4. The van der Waals surface area contributed by atoms with Gasteiger partial charge in [-0.05, 0) is 32.7 Å². The average Bonchev–Trinajstić information content (AvgIpc) is 3.04. The monoisotopic (exact) mass is 288 g/mol. The van der Waals surface area contributed by atoms with Crippen molar-refractivity contribution in [3.05, 3.63) is 18.7 Å². The number of hydrogen-bond acceptors (Lipinski definition) is 3. The maximum atomic E-state index is 12.8. The minimum absolute atomic E-state index is 0.255. The summed E-state index contributed by atoms with van der Waals surface area (Å²) in [4.78, 5) is 21.6. The Labute approximate surface area is 125 Å². The van der Waals surface area contributed by atoms with Crippen LogP contribution in [0.1, 0.15) is 32.6 Å². The summed E-state index contributed by atoms with van der Waals surface area (Å²) >= 11 is 0. The maximum Gasteiger partial charge on any atom is 0.242 e. The zero-order valence-corrected chi connectivity index (χ0v) is 12.9. The van der Waals surface area contributed by atoms with Gasteiger partial charge in [-0.1, -0.05) is 6.92 Å². The molecule has 0 radical (unpaired) electrons. The second-order valence-electron chi connectivity index (χ2n) is 7.27. The summed E-state index contributed by atoms with van der Waals surface area (Å²) in [6.07, 6.45) is 10.3. The highest BCUT2D eigenvalue weighted by Gasteiger charge is 2.59. The number of amides is 1. The van der Waals surface area contributed by atoms with Gasteiger partial charge in [0, 0.05) is 42.5 Å². The number of piperidine rings is 1. The third-order valence-corrected chi connectivity index (χ3v) is 6.20. The van der Waals surface area contributed by atoms with Gasteiger partial charge >= 0.3 is 0 Å². The number of imidazole rings is 1. The van der Waals surface area contributed by atoms with Crippen LogP contribution in [-0.2, 0) is 11.3 Å². The van der Waals surface area contributed by atoms with Crippen LogP contribution in [0.4, 0.5) is 0 Å². The molecule has 1 aliphatic carbocycles. The molecule has 4 rings (SSSR count). The molecule has 0 aromatic carbocycles. The number of hydrogen-bond donors (Lipinski definition) is 0. The smallest absolute Gasteiger partial charge is 0.242 e. The van der Waals surface area contributed by atoms with E-state index in [1.165, 1.54) is 25.7 Å². The van der Waals surface area contributed by atoms with E-state index in [-0.39, 0.29) is 5.91 Å². The van der Waals surface area contributed by atoms with Crippen LogP contribution in [0.15, 0.2) is 18.7 Å². The third-order valence-electron chi connectivity index (χ3n) is 6.20. The Morgan fingerprint density at radius 1 is 1.38 bits per heavy atom. The Hall–Kier alpha value is -1.36. The third kappa shape index (κ3) is 1.86. The Bertz CT molecular complexity index is 542. The van der Waals surface area contributed by atoms with Crippen LogP contribution in [0.2, 0.25) is 0 Å². The van der Waals surface area contributed by atoms with Crippen molar-refractivity contribution in [1.29, 1.82) is 0 Å². The highest BCUT2D eigenvalue weighted by atomic mass is 16.2. The van der Waals surface area contributed by atoms with Gasteiger partial charge in [-0.2, -0.15) is 0 Å². The van der Waals surface area contributed by atoms with Crippen molar-refractivity contribution in [3.63, 3.8) is 0 Å². The first kappa shape index (κ1) is 13.3. The molecule has 3 heterocycles. The van der Waals surface area contributed by atoms with E-state index in [0.29, 0.717) is 30.1 Å². The van der Waals surface area contributed by atoms with Crippen LogP contribution in [0, 0.1) is 5.41 Å². The zero-order valence-electron chi connectivity index (χ0n) is 12.9. The summed E-state index contributed by atoms with van der Waals surface area (Å²) in [6, 6.07) is 1.63. The second-order valence-corrected chi connectivity index (χ2v) is 7.27. The number of likely N-dealkylation sites (N-methyl/N-ethyl adjacent to an activating group) is 1. The van der Waals surface area contributed by atoms with Crippen molar-refractivity contribution in [2.45, 2.75) is 57.3 Å². The van der Waals surface area contributed by atoms with Gasteiger partial charge in [-0.3, -0.25) is 9.69 Å². The Balaban J connectivity index is 1.60. The van der Waals surface area contributed by atoms with Gasteiger partial charge in [0.15, 0.2) is 0 Å². The van der Waals surface area contributed by atoms with E-state index in [9.17, 15) is 4.79 Å². The lowest BCUT2D eigenvalue weighted by Gasteiger charge is -2.50.